The van der Waals surface area contributed by atoms with Crippen LogP contribution < -0.4 is 5.32 Å². The zero-order valence-corrected chi connectivity index (χ0v) is 4.65. The van der Waals surface area contributed by atoms with E-state index >= 15 is 0 Å². The maximum atomic E-state index is 11.1. The van der Waals surface area contributed by atoms with Crippen molar-refractivity contribution in [3.8, 4) is 0 Å². The van der Waals surface area contributed by atoms with Gasteiger partial charge in [-0.1, -0.05) is 0 Å². The van der Waals surface area contributed by atoms with Gasteiger partial charge < -0.3 is 5.32 Å². The summed E-state index contributed by atoms with van der Waals surface area (Å²) in [5, 5.41) is 2.38. The number of carbonyl (C=O) groups excluding carboxylic acids is 1. The van der Waals surface area contributed by atoms with Gasteiger partial charge in [-0.15, -0.1) is 0 Å². The number of rotatable bonds is 2. The standard InChI is InChI=1S/C5H8FNO/c1-2-7-5(8)3-4-6/h3-4H,2H2,1H3,(H,7,8)/b4-3+. The van der Waals surface area contributed by atoms with Crippen LogP contribution in [0.2, 0.25) is 0 Å². The highest BCUT2D eigenvalue weighted by molar-refractivity contribution is 5.87. The van der Waals surface area contributed by atoms with Crippen LogP contribution in [0.25, 0.3) is 0 Å². The summed E-state index contributed by atoms with van der Waals surface area (Å²) in [6, 6.07) is 0. The molecule has 46 valence electrons. The molecule has 2 nitrogen and oxygen atoms in total. The third kappa shape index (κ3) is 3.33. The molecule has 1 N–H and O–H groups in total. The molecule has 0 heterocycles. The first-order valence-electron chi connectivity index (χ1n) is 2.36. The molecule has 0 atom stereocenters. The normalized spacial score (nSPS) is 9.75. The largest absolute Gasteiger partial charge is 0.353 e. The second-order valence-electron chi connectivity index (χ2n) is 1.19. The number of carbonyl (C=O) groups is 1. The molecule has 0 saturated carbocycles. The maximum absolute atomic E-state index is 11.1. The van der Waals surface area contributed by atoms with E-state index < -0.39 is 5.91 Å². The van der Waals surface area contributed by atoms with E-state index in [1.165, 1.54) is 0 Å². The average molecular weight is 117 g/mol. The molecule has 0 unspecified atom stereocenters. The molecule has 0 saturated heterocycles. The number of hydrogen-bond donors (Lipinski definition) is 1. The van der Waals surface area contributed by atoms with Crippen LogP contribution in [0.1, 0.15) is 6.92 Å². The molecule has 0 radical (unpaired) electrons. The lowest BCUT2D eigenvalue weighted by atomic mass is 10.5. The van der Waals surface area contributed by atoms with Crippen molar-refractivity contribution in [2.45, 2.75) is 6.92 Å². The molecule has 0 aliphatic heterocycles. The van der Waals surface area contributed by atoms with Crippen LogP contribution in [0.4, 0.5) is 4.39 Å². The van der Waals surface area contributed by atoms with Crippen molar-refractivity contribution in [2.75, 3.05) is 6.54 Å². The second kappa shape index (κ2) is 4.30. The van der Waals surface area contributed by atoms with Gasteiger partial charge in [0.1, 0.15) is 0 Å². The Morgan fingerprint density at radius 2 is 2.50 bits per heavy atom. The fourth-order valence-corrected chi connectivity index (χ4v) is 0.290. The van der Waals surface area contributed by atoms with E-state index in [9.17, 15) is 9.18 Å². The third-order valence-electron chi connectivity index (χ3n) is 0.565. The van der Waals surface area contributed by atoms with E-state index in [-0.39, 0.29) is 6.33 Å². The molecule has 0 rings (SSSR count). The lowest BCUT2D eigenvalue weighted by Gasteiger charge is -1.90. The lowest BCUT2D eigenvalue weighted by Crippen LogP contribution is -2.19. The van der Waals surface area contributed by atoms with Gasteiger partial charge in [0.2, 0.25) is 5.91 Å². The summed E-state index contributed by atoms with van der Waals surface area (Å²) in [7, 11) is 0. The number of nitrogens with one attached hydrogen (secondary N) is 1. The number of likely N-dealkylation sites (N-methyl/N-ethyl adjacent to an activating group) is 1. The molecule has 8 heavy (non-hydrogen) atoms. The summed E-state index contributed by atoms with van der Waals surface area (Å²) in [6.45, 7) is 2.30. The second-order valence-corrected chi connectivity index (χ2v) is 1.19. The molecule has 0 aromatic carbocycles. The predicted molar refractivity (Wildman–Crippen MR) is 28.9 cm³/mol. The van der Waals surface area contributed by atoms with E-state index in [1.807, 2.05) is 0 Å². The Labute approximate surface area is 47.4 Å². The molecule has 0 aliphatic rings. The van der Waals surface area contributed by atoms with Gasteiger partial charge in [-0.25, -0.2) is 4.39 Å². The molecule has 3 heteroatoms. The highest BCUT2D eigenvalue weighted by Gasteiger charge is 1.86. The van der Waals surface area contributed by atoms with Gasteiger partial charge in [-0.05, 0) is 6.92 Å². The summed E-state index contributed by atoms with van der Waals surface area (Å²) in [5.41, 5.74) is 0. The summed E-state index contributed by atoms with van der Waals surface area (Å²) >= 11 is 0. The summed E-state index contributed by atoms with van der Waals surface area (Å²) in [5.74, 6) is -0.394. The van der Waals surface area contributed by atoms with Gasteiger partial charge >= 0.3 is 0 Å². The van der Waals surface area contributed by atoms with E-state index in [1.54, 1.807) is 6.92 Å². The van der Waals surface area contributed by atoms with Crippen molar-refractivity contribution in [3.05, 3.63) is 12.4 Å². The van der Waals surface area contributed by atoms with E-state index in [0.29, 0.717) is 6.54 Å². The first-order chi connectivity index (χ1) is 3.81. The zero-order chi connectivity index (χ0) is 6.41. The number of hydrogen-bond acceptors (Lipinski definition) is 1. The minimum absolute atomic E-state index is 0.213. The van der Waals surface area contributed by atoms with Gasteiger partial charge in [0, 0.05) is 12.6 Å². The smallest absolute Gasteiger partial charge is 0.246 e. The third-order valence-corrected chi connectivity index (χ3v) is 0.565. The van der Waals surface area contributed by atoms with E-state index in [4.69, 9.17) is 0 Å². The van der Waals surface area contributed by atoms with Crippen molar-refractivity contribution in [3.63, 3.8) is 0 Å². The first-order valence-corrected chi connectivity index (χ1v) is 2.36. The fraction of sp³-hybridized carbons (Fsp3) is 0.400. The van der Waals surface area contributed by atoms with Crippen LogP contribution in [-0.4, -0.2) is 12.5 Å². The molecular weight excluding hydrogens is 109 g/mol. The predicted octanol–water partition coefficient (Wildman–Crippen LogP) is 0.606. The minimum Gasteiger partial charge on any atom is -0.353 e. The van der Waals surface area contributed by atoms with Gasteiger partial charge in [-0.3, -0.25) is 4.79 Å². The van der Waals surface area contributed by atoms with E-state index in [2.05, 4.69) is 5.32 Å². The van der Waals surface area contributed by atoms with Gasteiger partial charge in [0.15, 0.2) is 0 Å². The van der Waals surface area contributed by atoms with Crippen molar-refractivity contribution < 1.29 is 9.18 Å². The van der Waals surface area contributed by atoms with Crippen LogP contribution in [0.5, 0.6) is 0 Å². The number of amides is 1. The molecule has 0 fully saturated rings. The molecular formula is C5H8FNO. The van der Waals surface area contributed by atoms with Gasteiger partial charge in [0.05, 0.1) is 6.33 Å². The summed E-state index contributed by atoms with van der Waals surface area (Å²) in [4.78, 5) is 10.2. The van der Waals surface area contributed by atoms with Crippen LogP contribution in [0.3, 0.4) is 0 Å². The van der Waals surface area contributed by atoms with Gasteiger partial charge in [0.25, 0.3) is 0 Å². The van der Waals surface area contributed by atoms with Gasteiger partial charge in [-0.2, -0.15) is 0 Å². The van der Waals surface area contributed by atoms with Crippen LogP contribution in [-0.2, 0) is 4.79 Å². The Hall–Kier alpha value is -0.860. The Kier molecular flexibility index (Phi) is 3.84. The SMILES string of the molecule is CCNC(=O)/C=C/F. The molecule has 0 aromatic heterocycles. The topological polar surface area (TPSA) is 29.1 Å². The Morgan fingerprint density at radius 3 is 2.88 bits per heavy atom. The molecule has 0 aromatic rings. The van der Waals surface area contributed by atoms with Crippen molar-refractivity contribution in [1.82, 2.24) is 5.32 Å². The quantitative estimate of drug-likeness (QED) is 0.527. The maximum Gasteiger partial charge on any atom is 0.246 e. The molecule has 0 aliphatic carbocycles. The molecule has 0 bridgehead atoms. The summed E-state index contributed by atoms with van der Waals surface area (Å²) < 4.78 is 11.1. The van der Waals surface area contributed by atoms with Crippen molar-refractivity contribution in [1.29, 1.82) is 0 Å². The fourth-order valence-electron chi connectivity index (χ4n) is 0.290. The Bertz CT molecular complexity index is 101. The minimum atomic E-state index is -0.394. The van der Waals surface area contributed by atoms with Crippen LogP contribution in [0.15, 0.2) is 12.4 Å². The highest BCUT2D eigenvalue weighted by atomic mass is 19.1. The Morgan fingerprint density at radius 1 is 1.88 bits per heavy atom. The number of halogens is 1. The molecule has 0 spiro atoms. The molecule has 1 amide bonds. The first kappa shape index (κ1) is 7.14. The Balaban J connectivity index is 3.33. The monoisotopic (exact) mass is 117 g/mol. The average Bonchev–Trinajstić information content (AvgIpc) is 1.68. The highest BCUT2D eigenvalue weighted by Crippen LogP contribution is 1.71. The lowest BCUT2D eigenvalue weighted by molar-refractivity contribution is -0.116. The van der Waals surface area contributed by atoms with Crippen molar-refractivity contribution >= 4 is 5.91 Å². The summed E-state index contributed by atoms with van der Waals surface area (Å²) in [6.07, 6.45) is 1.05. The zero-order valence-electron chi connectivity index (χ0n) is 4.65. The van der Waals surface area contributed by atoms with Crippen LogP contribution >= 0.6 is 0 Å². The van der Waals surface area contributed by atoms with Crippen LogP contribution in [0, 0.1) is 0 Å². The van der Waals surface area contributed by atoms with Crippen molar-refractivity contribution in [2.24, 2.45) is 0 Å². The van der Waals surface area contributed by atoms with E-state index in [0.717, 1.165) is 6.08 Å².